The standard InChI is InChI=1S/C19H30N4O/c24-19(21-9-4-12-22-11-3-8-20-10-14-22)16-23-13-7-17-5-1-2-6-18(17)15-23/h1-2,5-6,20H,3-4,7-16H2,(H,21,24). The number of benzene rings is 1. The van der Waals surface area contributed by atoms with Gasteiger partial charge < -0.3 is 15.5 Å². The summed E-state index contributed by atoms with van der Waals surface area (Å²) < 4.78 is 0. The molecule has 0 spiro atoms. The van der Waals surface area contributed by atoms with Gasteiger partial charge in [-0.1, -0.05) is 24.3 Å². The van der Waals surface area contributed by atoms with E-state index in [9.17, 15) is 4.79 Å². The molecular formula is C19H30N4O. The summed E-state index contributed by atoms with van der Waals surface area (Å²) in [5, 5.41) is 6.51. The van der Waals surface area contributed by atoms with Crippen LogP contribution in [0, 0.1) is 0 Å². The van der Waals surface area contributed by atoms with E-state index in [1.807, 2.05) is 0 Å². The summed E-state index contributed by atoms with van der Waals surface area (Å²) >= 11 is 0. The van der Waals surface area contributed by atoms with E-state index in [0.717, 1.165) is 58.7 Å². The SMILES string of the molecule is O=C(CN1CCc2ccccc2C1)NCCCN1CCCNCC1. The smallest absolute Gasteiger partial charge is 0.234 e. The van der Waals surface area contributed by atoms with E-state index in [0.29, 0.717) is 6.54 Å². The highest BCUT2D eigenvalue weighted by atomic mass is 16.2. The fraction of sp³-hybridized carbons (Fsp3) is 0.632. The van der Waals surface area contributed by atoms with Gasteiger partial charge in [0.2, 0.25) is 5.91 Å². The molecular weight excluding hydrogens is 300 g/mol. The second-order valence-electron chi connectivity index (χ2n) is 6.88. The van der Waals surface area contributed by atoms with Crippen molar-refractivity contribution < 1.29 is 4.79 Å². The number of carbonyl (C=O) groups excluding carboxylic acids is 1. The first-order valence-electron chi connectivity index (χ1n) is 9.30. The first-order valence-corrected chi connectivity index (χ1v) is 9.30. The van der Waals surface area contributed by atoms with E-state index in [-0.39, 0.29) is 5.91 Å². The highest BCUT2D eigenvalue weighted by Gasteiger charge is 2.17. The Morgan fingerprint density at radius 1 is 1.08 bits per heavy atom. The third-order valence-electron chi connectivity index (χ3n) is 4.98. The Balaban J connectivity index is 1.31. The lowest BCUT2D eigenvalue weighted by atomic mass is 10.00. The predicted molar refractivity (Wildman–Crippen MR) is 97.0 cm³/mol. The summed E-state index contributed by atoms with van der Waals surface area (Å²) in [7, 11) is 0. The van der Waals surface area contributed by atoms with Gasteiger partial charge in [-0.05, 0) is 50.0 Å². The van der Waals surface area contributed by atoms with Crippen LogP contribution < -0.4 is 10.6 Å². The molecule has 0 bridgehead atoms. The molecule has 0 aromatic heterocycles. The summed E-state index contributed by atoms with van der Waals surface area (Å²) in [4.78, 5) is 16.9. The quantitative estimate of drug-likeness (QED) is 0.759. The van der Waals surface area contributed by atoms with Crippen molar-refractivity contribution in [1.29, 1.82) is 0 Å². The predicted octanol–water partition coefficient (Wildman–Crippen LogP) is 0.846. The molecule has 1 aromatic rings. The lowest BCUT2D eigenvalue weighted by molar-refractivity contribution is -0.122. The lowest BCUT2D eigenvalue weighted by Crippen LogP contribution is -2.40. The van der Waals surface area contributed by atoms with Crippen molar-refractivity contribution in [3.05, 3.63) is 35.4 Å². The van der Waals surface area contributed by atoms with Crippen LogP contribution in [0.2, 0.25) is 0 Å². The molecule has 1 aromatic carbocycles. The van der Waals surface area contributed by atoms with Crippen LogP contribution >= 0.6 is 0 Å². The van der Waals surface area contributed by atoms with Crippen molar-refractivity contribution in [1.82, 2.24) is 20.4 Å². The van der Waals surface area contributed by atoms with E-state index in [2.05, 4.69) is 44.7 Å². The van der Waals surface area contributed by atoms with Crippen LogP contribution in [0.3, 0.4) is 0 Å². The van der Waals surface area contributed by atoms with Crippen molar-refractivity contribution in [3.8, 4) is 0 Å². The summed E-state index contributed by atoms with van der Waals surface area (Å²) in [6.07, 6.45) is 3.31. The molecule has 5 nitrogen and oxygen atoms in total. The van der Waals surface area contributed by atoms with Gasteiger partial charge in [-0.3, -0.25) is 9.69 Å². The maximum Gasteiger partial charge on any atom is 0.234 e. The summed E-state index contributed by atoms with van der Waals surface area (Å²) in [5.41, 5.74) is 2.80. The normalized spacial score (nSPS) is 19.5. The molecule has 0 atom stereocenters. The van der Waals surface area contributed by atoms with Crippen LogP contribution in [0.5, 0.6) is 0 Å². The van der Waals surface area contributed by atoms with Crippen LogP contribution in [-0.2, 0) is 17.8 Å². The Morgan fingerprint density at radius 3 is 2.88 bits per heavy atom. The first kappa shape index (κ1) is 17.4. The van der Waals surface area contributed by atoms with E-state index in [1.54, 1.807) is 0 Å². The van der Waals surface area contributed by atoms with Gasteiger partial charge in [0.15, 0.2) is 0 Å². The molecule has 1 amide bonds. The zero-order valence-electron chi connectivity index (χ0n) is 14.6. The number of amides is 1. The Labute approximate surface area is 145 Å². The summed E-state index contributed by atoms with van der Waals surface area (Å²) in [6, 6.07) is 8.56. The van der Waals surface area contributed by atoms with Gasteiger partial charge in [-0.25, -0.2) is 0 Å². The minimum Gasteiger partial charge on any atom is -0.355 e. The average molecular weight is 330 g/mol. The topological polar surface area (TPSA) is 47.6 Å². The third kappa shape index (κ3) is 5.30. The van der Waals surface area contributed by atoms with Crippen molar-refractivity contribution in [2.75, 3.05) is 52.4 Å². The molecule has 2 aliphatic rings. The Kier molecular flexibility index (Phi) is 6.64. The second kappa shape index (κ2) is 9.16. The molecule has 2 heterocycles. The largest absolute Gasteiger partial charge is 0.355 e. The molecule has 1 fully saturated rings. The van der Waals surface area contributed by atoms with E-state index < -0.39 is 0 Å². The monoisotopic (exact) mass is 330 g/mol. The van der Waals surface area contributed by atoms with Crippen LogP contribution in [0.15, 0.2) is 24.3 Å². The molecule has 0 unspecified atom stereocenters. The molecule has 2 aliphatic heterocycles. The second-order valence-corrected chi connectivity index (χ2v) is 6.88. The number of hydrogen-bond donors (Lipinski definition) is 2. The van der Waals surface area contributed by atoms with Gasteiger partial charge in [0.25, 0.3) is 0 Å². The van der Waals surface area contributed by atoms with Gasteiger partial charge >= 0.3 is 0 Å². The van der Waals surface area contributed by atoms with Gasteiger partial charge in [0, 0.05) is 32.7 Å². The minimum atomic E-state index is 0.159. The number of nitrogens with zero attached hydrogens (tertiary/aromatic N) is 2. The number of nitrogens with one attached hydrogen (secondary N) is 2. The fourth-order valence-electron chi connectivity index (χ4n) is 3.60. The average Bonchev–Trinajstić information content (AvgIpc) is 2.87. The van der Waals surface area contributed by atoms with E-state index >= 15 is 0 Å². The van der Waals surface area contributed by atoms with Crippen molar-refractivity contribution in [3.63, 3.8) is 0 Å². The zero-order chi connectivity index (χ0) is 16.6. The van der Waals surface area contributed by atoms with Crippen LogP contribution in [0.25, 0.3) is 0 Å². The molecule has 1 saturated heterocycles. The van der Waals surface area contributed by atoms with Gasteiger partial charge in [0.05, 0.1) is 6.54 Å². The highest BCUT2D eigenvalue weighted by Crippen LogP contribution is 2.17. The Hall–Kier alpha value is -1.43. The van der Waals surface area contributed by atoms with Crippen LogP contribution in [0.1, 0.15) is 24.0 Å². The Bertz CT molecular complexity index is 526. The first-order chi connectivity index (χ1) is 11.8. The maximum atomic E-state index is 12.2. The molecule has 2 N–H and O–H groups in total. The molecule has 3 rings (SSSR count). The molecule has 0 aliphatic carbocycles. The maximum absolute atomic E-state index is 12.2. The summed E-state index contributed by atoms with van der Waals surface area (Å²) in [6.45, 7) is 8.77. The molecule has 5 heteroatoms. The lowest BCUT2D eigenvalue weighted by Gasteiger charge is -2.28. The van der Waals surface area contributed by atoms with Crippen molar-refractivity contribution in [2.45, 2.75) is 25.8 Å². The van der Waals surface area contributed by atoms with Gasteiger partial charge in [0.1, 0.15) is 0 Å². The minimum absolute atomic E-state index is 0.159. The van der Waals surface area contributed by atoms with E-state index in [1.165, 1.54) is 24.1 Å². The zero-order valence-corrected chi connectivity index (χ0v) is 14.6. The van der Waals surface area contributed by atoms with E-state index in [4.69, 9.17) is 0 Å². The van der Waals surface area contributed by atoms with Crippen LogP contribution in [-0.4, -0.2) is 68.1 Å². The molecule has 24 heavy (non-hydrogen) atoms. The number of carbonyl (C=O) groups is 1. The molecule has 0 saturated carbocycles. The van der Waals surface area contributed by atoms with Gasteiger partial charge in [-0.15, -0.1) is 0 Å². The fourth-order valence-corrected chi connectivity index (χ4v) is 3.60. The number of rotatable bonds is 6. The van der Waals surface area contributed by atoms with Crippen molar-refractivity contribution >= 4 is 5.91 Å². The highest BCUT2D eigenvalue weighted by molar-refractivity contribution is 5.78. The summed E-state index contributed by atoms with van der Waals surface area (Å²) in [5.74, 6) is 0.159. The van der Waals surface area contributed by atoms with Crippen molar-refractivity contribution in [2.24, 2.45) is 0 Å². The Morgan fingerprint density at radius 2 is 1.96 bits per heavy atom. The molecule has 132 valence electrons. The van der Waals surface area contributed by atoms with Crippen LogP contribution in [0.4, 0.5) is 0 Å². The van der Waals surface area contributed by atoms with Gasteiger partial charge in [-0.2, -0.15) is 0 Å². The third-order valence-corrected chi connectivity index (χ3v) is 4.98. The number of hydrogen-bond acceptors (Lipinski definition) is 4. The molecule has 0 radical (unpaired) electrons. The number of fused-ring (bicyclic) bond motifs is 1.